The number of hydrogen-bond donors (Lipinski definition) is 1. The Kier molecular flexibility index (Phi) is 3.15. The van der Waals surface area contributed by atoms with Crippen LogP contribution in [-0.4, -0.2) is 13.4 Å². The quantitative estimate of drug-likeness (QED) is 0.562. The highest BCUT2D eigenvalue weighted by atomic mass is 32.2. The van der Waals surface area contributed by atoms with Crippen LogP contribution in [0.15, 0.2) is 28.0 Å². The van der Waals surface area contributed by atoms with Gasteiger partial charge in [0.2, 0.25) is 0 Å². The summed E-state index contributed by atoms with van der Waals surface area (Å²) in [6.45, 7) is 0. The summed E-state index contributed by atoms with van der Waals surface area (Å²) >= 11 is 5.96. The van der Waals surface area contributed by atoms with E-state index in [4.69, 9.17) is 4.74 Å². The Morgan fingerprint density at radius 3 is 2.64 bits per heavy atom. The molecule has 0 fully saturated rings. The SMILES string of the molecule is COc1ccc(SC)cc1S. The summed E-state index contributed by atoms with van der Waals surface area (Å²) in [5.41, 5.74) is 0. The molecule has 1 rings (SSSR count). The zero-order chi connectivity index (χ0) is 8.27. The summed E-state index contributed by atoms with van der Waals surface area (Å²) in [4.78, 5) is 2.09. The van der Waals surface area contributed by atoms with Crippen LogP contribution in [0.25, 0.3) is 0 Å². The Labute approximate surface area is 76.6 Å². The van der Waals surface area contributed by atoms with Crippen molar-refractivity contribution in [2.45, 2.75) is 9.79 Å². The normalized spacial score (nSPS) is 9.73. The van der Waals surface area contributed by atoms with Crippen molar-refractivity contribution in [1.82, 2.24) is 0 Å². The highest BCUT2D eigenvalue weighted by Gasteiger charge is 1.98. The number of benzene rings is 1. The first-order chi connectivity index (χ1) is 5.27. The van der Waals surface area contributed by atoms with Gasteiger partial charge >= 0.3 is 0 Å². The molecule has 0 aliphatic heterocycles. The lowest BCUT2D eigenvalue weighted by Crippen LogP contribution is -1.83. The molecule has 0 amide bonds. The van der Waals surface area contributed by atoms with Crippen LogP contribution in [0.3, 0.4) is 0 Å². The van der Waals surface area contributed by atoms with Crippen molar-refractivity contribution in [3.05, 3.63) is 18.2 Å². The number of thiol groups is 1. The number of rotatable bonds is 2. The summed E-state index contributed by atoms with van der Waals surface area (Å²) in [5, 5.41) is 0. The second-order valence-electron chi connectivity index (χ2n) is 2.04. The molecular formula is C8H10OS2. The molecule has 0 bridgehead atoms. The largest absolute Gasteiger partial charge is 0.496 e. The minimum absolute atomic E-state index is 0.825. The summed E-state index contributed by atoms with van der Waals surface area (Å²) in [6.07, 6.45) is 2.04. The number of hydrogen-bond acceptors (Lipinski definition) is 3. The molecule has 0 saturated carbocycles. The average Bonchev–Trinajstić information content (AvgIpc) is 2.04. The molecule has 0 aromatic heterocycles. The summed E-state index contributed by atoms with van der Waals surface area (Å²) in [5.74, 6) is 0.825. The molecule has 0 atom stereocenters. The Bertz CT molecular complexity index is 248. The van der Waals surface area contributed by atoms with Gasteiger partial charge in [0.1, 0.15) is 5.75 Å². The molecule has 3 heteroatoms. The van der Waals surface area contributed by atoms with Crippen LogP contribution >= 0.6 is 24.4 Å². The maximum absolute atomic E-state index is 5.06. The minimum Gasteiger partial charge on any atom is -0.496 e. The second kappa shape index (κ2) is 3.93. The van der Waals surface area contributed by atoms with Gasteiger partial charge in [0, 0.05) is 9.79 Å². The van der Waals surface area contributed by atoms with Gasteiger partial charge in [0.25, 0.3) is 0 Å². The Morgan fingerprint density at radius 1 is 1.45 bits per heavy atom. The highest BCUT2D eigenvalue weighted by molar-refractivity contribution is 7.98. The van der Waals surface area contributed by atoms with E-state index < -0.39 is 0 Å². The molecule has 0 radical (unpaired) electrons. The van der Waals surface area contributed by atoms with Gasteiger partial charge in [-0.3, -0.25) is 0 Å². The van der Waals surface area contributed by atoms with Gasteiger partial charge in [-0.25, -0.2) is 0 Å². The van der Waals surface area contributed by atoms with Crippen molar-refractivity contribution in [1.29, 1.82) is 0 Å². The molecule has 0 N–H and O–H groups in total. The molecule has 0 unspecified atom stereocenters. The molecular weight excluding hydrogens is 176 g/mol. The molecule has 0 spiro atoms. The maximum atomic E-state index is 5.06. The molecule has 11 heavy (non-hydrogen) atoms. The van der Waals surface area contributed by atoms with Crippen molar-refractivity contribution < 1.29 is 4.74 Å². The van der Waals surface area contributed by atoms with Gasteiger partial charge in [-0.2, -0.15) is 0 Å². The van der Waals surface area contributed by atoms with E-state index >= 15 is 0 Å². The topological polar surface area (TPSA) is 9.23 Å². The summed E-state index contributed by atoms with van der Waals surface area (Å²) in [6, 6.07) is 5.93. The van der Waals surface area contributed by atoms with Crippen molar-refractivity contribution >= 4 is 24.4 Å². The van der Waals surface area contributed by atoms with Gasteiger partial charge in [-0.1, -0.05) is 0 Å². The fourth-order valence-electron chi connectivity index (χ4n) is 0.797. The maximum Gasteiger partial charge on any atom is 0.132 e. The van der Waals surface area contributed by atoms with Crippen molar-refractivity contribution in [3.8, 4) is 5.75 Å². The van der Waals surface area contributed by atoms with E-state index in [1.54, 1.807) is 18.9 Å². The van der Waals surface area contributed by atoms with Gasteiger partial charge in [-0.15, -0.1) is 24.4 Å². The zero-order valence-corrected chi connectivity index (χ0v) is 8.21. The Morgan fingerprint density at radius 2 is 2.18 bits per heavy atom. The van der Waals surface area contributed by atoms with Crippen molar-refractivity contribution in [2.75, 3.05) is 13.4 Å². The standard InChI is InChI=1S/C8H10OS2/c1-9-7-4-3-6(11-2)5-8(7)10/h3-5,10H,1-2H3. The third-order valence-corrected chi connectivity index (χ3v) is 2.46. The van der Waals surface area contributed by atoms with E-state index in [-0.39, 0.29) is 0 Å². The van der Waals surface area contributed by atoms with Crippen LogP contribution in [-0.2, 0) is 0 Å². The molecule has 0 aliphatic carbocycles. The number of methoxy groups -OCH3 is 1. The number of ether oxygens (including phenoxy) is 1. The van der Waals surface area contributed by atoms with Gasteiger partial charge in [0.05, 0.1) is 7.11 Å². The molecule has 0 heterocycles. The third-order valence-electron chi connectivity index (χ3n) is 1.39. The third kappa shape index (κ3) is 2.07. The van der Waals surface area contributed by atoms with E-state index in [1.165, 1.54) is 4.90 Å². The lowest BCUT2D eigenvalue weighted by atomic mass is 10.3. The number of thioether (sulfide) groups is 1. The lowest BCUT2D eigenvalue weighted by Gasteiger charge is -2.03. The predicted octanol–water partition coefficient (Wildman–Crippen LogP) is 2.71. The summed E-state index contributed by atoms with van der Waals surface area (Å²) in [7, 11) is 1.65. The predicted molar refractivity (Wildman–Crippen MR) is 52.0 cm³/mol. The van der Waals surface area contributed by atoms with Crippen LogP contribution in [0.5, 0.6) is 5.75 Å². The van der Waals surface area contributed by atoms with Crippen LogP contribution in [0, 0.1) is 0 Å². The van der Waals surface area contributed by atoms with E-state index in [0.29, 0.717) is 0 Å². The second-order valence-corrected chi connectivity index (χ2v) is 3.40. The van der Waals surface area contributed by atoms with Crippen LogP contribution in [0.2, 0.25) is 0 Å². The first-order valence-corrected chi connectivity index (χ1v) is 4.86. The fraction of sp³-hybridized carbons (Fsp3) is 0.250. The van der Waals surface area contributed by atoms with Crippen LogP contribution in [0.1, 0.15) is 0 Å². The first kappa shape index (κ1) is 8.81. The molecule has 1 nitrogen and oxygen atoms in total. The monoisotopic (exact) mass is 186 g/mol. The average molecular weight is 186 g/mol. The lowest BCUT2D eigenvalue weighted by molar-refractivity contribution is 0.404. The van der Waals surface area contributed by atoms with Gasteiger partial charge in [0.15, 0.2) is 0 Å². The smallest absolute Gasteiger partial charge is 0.132 e. The first-order valence-electron chi connectivity index (χ1n) is 3.19. The van der Waals surface area contributed by atoms with Crippen molar-refractivity contribution in [2.24, 2.45) is 0 Å². The molecule has 0 aliphatic rings. The highest BCUT2D eigenvalue weighted by Crippen LogP contribution is 2.26. The molecule has 1 aromatic rings. The fourth-order valence-corrected chi connectivity index (χ4v) is 1.63. The minimum atomic E-state index is 0.825. The zero-order valence-electron chi connectivity index (χ0n) is 6.50. The van der Waals surface area contributed by atoms with E-state index in [1.807, 2.05) is 24.5 Å². The van der Waals surface area contributed by atoms with Gasteiger partial charge < -0.3 is 4.74 Å². The van der Waals surface area contributed by atoms with Crippen molar-refractivity contribution in [3.63, 3.8) is 0 Å². The van der Waals surface area contributed by atoms with Crippen LogP contribution in [0.4, 0.5) is 0 Å². The van der Waals surface area contributed by atoms with Gasteiger partial charge in [-0.05, 0) is 24.5 Å². The molecule has 0 saturated heterocycles. The van der Waals surface area contributed by atoms with Crippen LogP contribution < -0.4 is 4.74 Å². The van der Waals surface area contributed by atoms with E-state index in [0.717, 1.165) is 10.6 Å². The Balaban J connectivity index is 2.99. The Hall–Kier alpha value is -0.280. The summed E-state index contributed by atoms with van der Waals surface area (Å²) < 4.78 is 5.06. The van der Waals surface area contributed by atoms with E-state index in [9.17, 15) is 0 Å². The molecule has 1 aromatic carbocycles. The van der Waals surface area contributed by atoms with E-state index in [2.05, 4.69) is 12.6 Å². The molecule has 60 valence electrons.